The van der Waals surface area contributed by atoms with Gasteiger partial charge in [0.2, 0.25) is 17.7 Å². The molecule has 0 aliphatic carbocycles. The van der Waals surface area contributed by atoms with Gasteiger partial charge in [0.05, 0.1) is 6.04 Å². The SMILES string of the molecule is CCC(C)C(N)C(=O)NC(CCCN=C(N)N)C(=O)NC(C(=O)NC(C(=O)O)C(C)CC)C(C)CC. The van der Waals surface area contributed by atoms with Crippen LogP contribution in [-0.4, -0.2) is 65.5 Å². The van der Waals surface area contributed by atoms with E-state index in [2.05, 4.69) is 20.9 Å². The standard InChI is InChI=1S/C24H47N7O5/c1-7-13(4)17(25)21(33)29-16(11-10-12-28-24(26)27)20(32)30-18(14(5)8-2)22(34)31-19(23(35)36)15(6)9-3/h13-19H,7-12,25H2,1-6H3,(H,29,33)(H,30,32)(H,31,34)(H,35,36)(H4,26,27,28). The number of nitrogens with one attached hydrogen (secondary N) is 3. The van der Waals surface area contributed by atoms with Crippen LogP contribution in [0.5, 0.6) is 0 Å². The van der Waals surface area contributed by atoms with Gasteiger partial charge in [0.1, 0.15) is 18.1 Å². The number of carbonyl (C=O) groups excluding carboxylic acids is 3. The number of nitrogens with two attached hydrogens (primary N) is 3. The first-order chi connectivity index (χ1) is 16.8. The molecule has 12 nitrogen and oxygen atoms in total. The van der Waals surface area contributed by atoms with E-state index in [-0.39, 0.29) is 36.7 Å². The molecular formula is C24H47N7O5. The van der Waals surface area contributed by atoms with E-state index in [4.69, 9.17) is 17.2 Å². The maximum Gasteiger partial charge on any atom is 0.326 e. The number of rotatable bonds is 17. The molecule has 36 heavy (non-hydrogen) atoms. The van der Waals surface area contributed by atoms with Gasteiger partial charge in [0.15, 0.2) is 5.96 Å². The molecule has 0 saturated heterocycles. The van der Waals surface area contributed by atoms with E-state index in [1.807, 2.05) is 27.7 Å². The normalized spacial score (nSPS) is 16.9. The molecule has 208 valence electrons. The third kappa shape index (κ3) is 11.2. The first-order valence-electron chi connectivity index (χ1n) is 12.7. The summed E-state index contributed by atoms with van der Waals surface area (Å²) in [7, 11) is 0. The van der Waals surface area contributed by atoms with E-state index in [9.17, 15) is 24.3 Å². The summed E-state index contributed by atoms with van der Waals surface area (Å²) in [5.41, 5.74) is 16.7. The van der Waals surface area contributed by atoms with E-state index >= 15 is 0 Å². The Morgan fingerprint density at radius 1 is 0.778 bits per heavy atom. The number of aliphatic imine (C=N–C) groups is 1. The minimum absolute atomic E-state index is 0.0818. The Morgan fingerprint density at radius 3 is 1.75 bits per heavy atom. The monoisotopic (exact) mass is 513 g/mol. The summed E-state index contributed by atoms with van der Waals surface area (Å²) in [6, 6.07) is -3.86. The van der Waals surface area contributed by atoms with Gasteiger partial charge in [-0.3, -0.25) is 19.4 Å². The quantitative estimate of drug-likeness (QED) is 0.0798. The molecule has 0 aliphatic heterocycles. The Morgan fingerprint density at radius 2 is 1.28 bits per heavy atom. The van der Waals surface area contributed by atoms with Crippen LogP contribution in [0.2, 0.25) is 0 Å². The van der Waals surface area contributed by atoms with Gasteiger partial charge in [0.25, 0.3) is 0 Å². The van der Waals surface area contributed by atoms with E-state index < -0.39 is 47.9 Å². The summed E-state index contributed by atoms with van der Waals surface area (Å²) >= 11 is 0. The average molecular weight is 514 g/mol. The van der Waals surface area contributed by atoms with Gasteiger partial charge in [-0.25, -0.2) is 4.79 Å². The lowest BCUT2D eigenvalue weighted by molar-refractivity contribution is -0.144. The van der Waals surface area contributed by atoms with E-state index in [0.717, 1.165) is 0 Å². The Hall–Kier alpha value is -2.89. The van der Waals surface area contributed by atoms with Crippen molar-refractivity contribution in [2.24, 2.45) is 39.9 Å². The molecule has 0 fully saturated rings. The fourth-order valence-electron chi connectivity index (χ4n) is 3.43. The number of carboxylic acids is 1. The summed E-state index contributed by atoms with van der Waals surface area (Å²) in [4.78, 5) is 54.7. The van der Waals surface area contributed by atoms with E-state index in [1.165, 1.54) is 0 Å². The molecule has 7 atom stereocenters. The molecule has 0 rings (SSSR count). The zero-order valence-electron chi connectivity index (χ0n) is 22.5. The lowest BCUT2D eigenvalue weighted by Gasteiger charge is -2.29. The zero-order chi connectivity index (χ0) is 28.0. The summed E-state index contributed by atoms with van der Waals surface area (Å²) in [5.74, 6) is -3.55. The molecule has 0 aliphatic rings. The van der Waals surface area contributed by atoms with E-state index in [0.29, 0.717) is 25.7 Å². The summed E-state index contributed by atoms with van der Waals surface area (Å²) in [6.45, 7) is 11.2. The molecule has 0 aromatic rings. The van der Waals surface area contributed by atoms with Crippen LogP contribution in [-0.2, 0) is 19.2 Å². The van der Waals surface area contributed by atoms with Gasteiger partial charge in [-0.2, -0.15) is 0 Å². The molecule has 0 heterocycles. The van der Waals surface area contributed by atoms with Crippen LogP contribution in [0.4, 0.5) is 0 Å². The Bertz CT molecular complexity index is 757. The average Bonchev–Trinajstić information content (AvgIpc) is 2.84. The highest BCUT2D eigenvalue weighted by molar-refractivity contribution is 5.94. The van der Waals surface area contributed by atoms with Crippen molar-refractivity contribution >= 4 is 29.7 Å². The highest BCUT2D eigenvalue weighted by Gasteiger charge is 2.34. The second-order valence-corrected chi connectivity index (χ2v) is 9.50. The van der Waals surface area contributed by atoms with Crippen molar-refractivity contribution in [3.63, 3.8) is 0 Å². The Labute approximate surface area is 214 Å². The molecule has 0 saturated carbocycles. The molecule has 0 bridgehead atoms. The predicted molar refractivity (Wildman–Crippen MR) is 140 cm³/mol. The van der Waals surface area contributed by atoms with Crippen molar-refractivity contribution in [1.82, 2.24) is 16.0 Å². The van der Waals surface area contributed by atoms with Gasteiger partial charge in [-0.1, -0.05) is 60.8 Å². The molecular weight excluding hydrogens is 466 g/mol. The number of carbonyl (C=O) groups is 4. The summed E-state index contributed by atoms with van der Waals surface area (Å²) in [6.07, 6.45) is 2.40. The molecule has 10 N–H and O–H groups in total. The number of carboxylic acid groups (broad SMARTS) is 1. The second kappa shape index (κ2) is 16.7. The highest BCUT2D eigenvalue weighted by Crippen LogP contribution is 2.13. The third-order valence-corrected chi connectivity index (χ3v) is 6.71. The smallest absolute Gasteiger partial charge is 0.326 e. The number of nitrogens with zero attached hydrogens (tertiary/aromatic N) is 1. The number of aliphatic carboxylic acids is 1. The van der Waals surface area contributed by atoms with Crippen molar-refractivity contribution in [2.45, 2.75) is 97.8 Å². The third-order valence-electron chi connectivity index (χ3n) is 6.71. The number of hydrogen-bond acceptors (Lipinski definition) is 6. The maximum atomic E-state index is 13.3. The van der Waals surface area contributed by atoms with Gasteiger partial charge in [0, 0.05) is 6.54 Å². The van der Waals surface area contributed by atoms with Crippen molar-refractivity contribution in [3.05, 3.63) is 0 Å². The summed E-state index contributed by atoms with van der Waals surface area (Å²) < 4.78 is 0. The van der Waals surface area contributed by atoms with E-state index in [1.54, 1.807) is 13.8 Å². The largest absolute Gasteiger partial charge is 0.480 e. The summed E-state index contributed by atoms with van der Waals surface area (Å²) in [5, 5.41) is 17.5. The molecule has 12 heteroatoms. The minimum Gasteiger partial charge on any atom is -0.480 e. The van der Waals surface area contributed by atoms with Crippen LogP contribution in [0.15, 0.2) is 4.99 Å². The molecule has 0 radical (unpaired) electrons. The van der Waals surface area contributed by atoms with Crippen LogP contribution in [0, 0.1) is 17.8 Å². The first kappa shape index (κ1) is 33.1. The van der Waals surface area contributed by atoms with Crippen molar-refractivity contribution in [2.75, 3.05) is 6.54 Å². The predicted octanol–water partition coefficient (Wildman–Crippen LogP) is 0.0446. The minimum atomic E-state index is -1.14. The molecule has 0 spiro atoms. The zero-order valence-corrected chi connectivity index (χ0v) is 22.5. The Balaban J connectivity index is 5.74. The van der Waals surface area contributed by atoms with Gasteiger partial charge < -0.3 is 38.3 Å². The van der Waals surface area contributed by atoms with Gasteiger partial charge >= 0.3 is 5.97 Å². The molecule has 0 aromatic heterocycles. The molecule has 0 aromatic carbocycles. The number of amides is 3. The number of hydrogen-bond donors (Lipinski definition) is 7. The first-order valence-corrected chi connectivity index (χ1v) is 12.7. The topological polar surface area (TPSA) is 215 Å². The van der Waals surface area contributed by atoms with Crippen LogP contribution in [0.1, 0.15) is 73.6 Å². The van der Waals surface area contributed by atoms with Crippen LogP contribution >= 0.6 is 0 Å². The molecule has 7 unspecified atom stereocenters. The van der Waals surface area contributed by atoms with Crippen molar-refractivity contribution < 1.29 is 24.3 Å². The number of guanidine groups is 1. The van der Waals surface area contributed by atoms with Gasteiger partial charge in [-0.05, 0) is 30.6 Å². The maximum absolute atomic E-state index is 13.3. The van der Waals surface area contributed by atoms with Gasteiger partial charge in [-0.15, -0.1) is 0 Å². The lowest BCUT2D eigenvalue weighted by atomic mass is 9.95. The van der Waals surface area contributed by atoms with Crippen LogP contribution in [0.3, 0.4) is 0 Å². The van der Waals surface area contributed by atoms with Crippen molar-refractivity contribution in [1.29, 1.82) is 0 Å². The van der Waals surface area contributed by atoms with Crippen LogP contribution in [0.25, 0.3) is 0 Å². The van der Waals surface area contributed by atoms with Crippen molar-refractivity contribution in [3.8, 4) is 0 Å². The second-order valence-electron chi connectivity index (χ2n) is 9.50. The lowest BCUT2D eigenvalue weighted by Crippen LogP contribution is -2.59. The Kier molecular flexibility index (Phi) is 15.4. The fraction of sp³-hybridized carbons (Fsp3) is 0.792. The molecule has 3 amide bonds. The highest BCUT2D eigenvalue weighted by atomic mass is 16.4. The van der Waals surface area contributed by atoms with Crippen LogP contribution < -0.4 is 33.2 Å². The fourth-order valence-corrected chi connectivity index (χ4v) is 3.43.